The van der Waals surface area contributed by atoms with E-state index >= 15 is 0 Å². The molecule has 2 amide bonds. The van der Waals surface area contributed by atoms with Gasteiger partial charge in [0.1, 0.15) is 18.2 Å². The Morgan fingerprint density at radius 1 is 1.28 bits per heavy atom. The van der Waals surface area contributed by atoms with Crippen LogP contribution in [0.4, 0.5) is 5.69 Å². The molecule has 0 radical (unpaired) electrons. The quantitative estimate of drug-likeness (QED) is 0.805. The van der Waals surface area contributed by atoms with Crippen LogP contribution in [0.5, 0.6) is 0 Å². The average Bonchev–Trinajstić information content (AvgIpc) is 2.88. The van der Waals surface area contributed by atoms with Crippen molar-refractivity contribution in [2.75, 3.05) is 18.0 Å². The van der Waals surface area contributed by atoms with E-state index in [0.29, 0.717) is 24.2 Å². The Labute approximate surface area is 146 Å². The lowest BCUT2D eigenvalue weighted by Gasteiger charge is -2.27. The molecule has 2 heterocycles. The molecule has 1 aromatic rings. The molecule has 0 aliphatic carbocycles. The van der Waals surface area contributed by atoms with Gasteiger partial charge in [-0.25, -0.2) is 0 Å². The van der Waals surface area contributed by atoms with Crippen LogP contribution in [-0.2, 0) is 14.3 Å². The van der Waals surface area contributed by atoms with Crippen LogP contribution in [0.15, 0.2) is 24.3 Å². The molecule has 3 rings (SSSR count). The summed E-state index contributed by atoms with van der Waals surface area (Å²) in [5.41, 5.74) is 6.15. The number of amides is 2. The van der Waals surface area contributed by atoms with Crippen LogP contribution in [-0.4, -0.2) is 53.5 Å². The Morgan fingerprint density at radius 3 is 2.64 bits per heavy atom. The maximum atomic E-state index is 13.1. The zero-order valence-electron chi connectivity index (χ0n) is 14.7. The first-order chi connectivity index (χ1) is 11.7. The van der Waals surface area contributed by atoms with Crippen molar-refractivity contribution in [1.29, 1.82) is 0 Å². The summed E-state index contributed by atoms with van der Waals surface area (Å²) >= 11 is 0. The smallest absolute Gasteiger partial charge is 0.326 e. The molecule has 0 aromatic heterocycles. The SMILES string of the molecule is CC(C)(C)OC(=O)CN1C(=O)[C@@H]2C[C@@H](N)CN2C(=O)c2ccccc21. The summed E-state index contributed by atoms with van der Waals surface area (Å²) < 4.78 is 5.35. The summed E-state index contributed by atoms with van der Waals surface area (Å²) in [6, 6.07) is 5.94. The van der Waals surface area contributed by atoms with Gasteiger partial charge >= 0.3 is 5.97 Å². The van der Waals surface area contributed by atoms with E-state index in [9.17, 15) is 14.4 Å². The summed E-state index contributed by atoms with van der Waals surface area (Å²) in [6.07, 6.45) is 0.392. The van der Waals surface area contributed by atoms with E-state index < -0.39 is 17.6 Å². The van der Waals surface area contributed by atoms with Gasteiger partial charge in [0.25, 0.3) is 5.91 Å². The number of benzene rings is 1. The molecule has 0 spiro atoms. The van der Waals surface area contributed by atoms with Crippen molar-refractivity contribution in [3.05, 3.63) is 29.8 Å². The molecule has 25 heavy (non-hydrogen) atoms. The molecule has 0 bridgehead atoms. The van der Waals surface area contributed by atoms with E-state index in [1.807, 2.05) is 0 Å². The maximum absolute atomic E-state index is 13.1. The lowest BCUT2D eigenvalue weighted by atomic mass is 10.1. The fourth-order valence-corrected chi connectivity index (χ4v) is 3.34. The molecule has 2 aliphatic rings. The fraction of sp³-hybridized carbons (Fsp3) is 0.500. The third-order valence-corrected chi connectivity index (χ3v) is 4.28. The Balaban J connectivity index is 1.98. The van der Waals surface area contributed by atoms with Gasteiger partial charge in [-0.05, 0) is 39.3 Å². The molecule has 0 unspecified atom stereocenters. The van der Waals surface area contributed by atoms with Crippen LogP contribution in [0, 0.1) is 0 Å². The Morgan fingerprint density at radius 2 is 1.96 bits per heavy atom. The Bertz CT molecular complexity index is 725. The van der Waals surface area contributed by atoms with Crippen molar-refractivity contribution in [2.45, 2.75) is 44.9 Å². The summed E-state index contributed by atoms with van der Waals surface area (Å²) in [5.74, 6) is -1.04. The number of ether oxygens (including phenoxy) is 1. The van der Waals surface area contributed by atoms with E-state index in [0.717, 1.165) is 0 Å². The number of fused-ring (bicyclic) bond motifs is 2. The van der Waals surface area contributed by atoms with Crippen LogP contribution in [0.1, 0.15) is 37.6 Å². The predicted molar refractivity (Wildman–Crippen MR) is 92.1 cm³/mol. The van der Waals surface area contributed by atoms with Crippen LogP contribution in [0.25, 0.3) is 0 Å². The first-order valence-corrected chi connectivity index (χ1v) is 8.36. The minimum Gasteiger partial charge on any atom is -0.459 e. The van der Waals surface area contributed by atoms with Crippen LogP contribution in [0.3, 0.4) is 0 Å². The third-order valence-electron chi connectivity index (χ3n) is 4.28. The number of hydrogen-bond acceptors (Lipinski definition) is 5. The second-order valence-corrected chi connectivity index (χ2v) is 7.50. The Hall–Kier alpha value is -2.41. The maximum Gasteiger partial charge on any atom is 0.326 e. The van der Waals surface area contributed by atoms with Crippen molar-refractivity contribution in [1.82, 2.24) is 4.90 Å². The van der Waals surface area contributed by atoms with Gasteiger partial charge in [0.05, 0.1) is 11.3 Å². The normalized spacial score (nSPS) is 23.2. The molecule has 7 nitrogen and oxygen atoms in total. The highest BCUT2D eigenvalue weighted by atomic mass is 16.6. The van der Waals surface area contributed by atoms with E-state index in [4.69, 9.17) is 10.5 Å². The highest BCUT2D eigenvalue weighted by molar-refractivity contribution is 6.12. The van der Waals surface area contributed by atoms with E-state index in [1.54, 1.807) is 45.0 Å². The van der Waals surface area contributed by atoms with Crippen molar-refractivity contribution in [2.24, 2.45) is 5.73 Å². The topological polar surface area (TPSA) is 92.9 Å². The summed E-state index contributed by atoms with van der Waals surface area (Å²) in [4.78, 5) is 41.1. The van der Waals surface area contributed by atoms with Gasteiger partial charge < -0.3 is 15.4 Å². The molecule has 0 saturated carbocycles. The molecular formula is C18H23N3O4. The van der Waals surface area contributed by atoms with Crippen LogP contribution >= 0.6 is 0 Å². The molecular weight excluding hydrogens is 322 g/mol. The number of hydrogen-bond donors (Lipinski definition) is 1. The molecule has 2 atom stereocenters. The van der Waals surface area contributed by atoms with Crippen molar-refractivity contribution in [3.8, 4) is 0 Å². The highest BCUT2D eigenvalue weighted by Gasteiger charge is 2.45. The number of nitrogens with zero attached hydrogens (tertiary/aromatic N) is 2. The number of carbonyl (C=O) groups excluding carboxylic acids is 3. The van der Waals surface area contributed by atoms with Gasteiger partial charge in [0, 0.05) is 12.6 Å². The number of rotatable bonds is 2. The lowest BCUT2D eigenvalue weighted by Crippen LogP contribution is -2.47. The molecule has 2 N–H and O–H groups in total. The number of esters is 1. The van der Waals surface area contributed by atoms with Gasteiger partial charge in [0.15, 0.2) is 0 Å². The molecule has 1 fully saturated rings. The molecule has 7 heteroatoms. The number of anilines is 1. The standard InChI is InChI=1S/C18H23N3O4/c1-18(2,3)25-15(22)10-21-13-7-5-4-6-12(13)16(23)20-9-11(19)8-14(20)17(21)24/h4-7,11,14H,8-10,19H2,1-3H3/t11-,14+/m1/s1. The number of para-hydroxylation sites is 1. The molecule has 2 aliphatic heterocycles. The second-order valence-electron chi connectivity index (χ2n) is 7.50. The van der Waals surface area contributed by atoms with Crippen molar-refractivity contribution in [3.63, 3.8) is 0 Å². The number of carbonyl (C=O) groups is 3. The first kappa shape index (κ1) is 17.4. The van der Waals surface area contributed by atoms with Gasteiger partial charge in [-0.2, -0.15) is 0 Å². The third kappa shape index (κ3) is 3.37. The predicted octanol–water partition coefficient (Wildman–Crippen LogP) is 0.917. The monoisotopic (exact) mass is 345 g/mol. The molecule has 1 saturated heterocycles. The summed E-state index contributed by atoms with van der Waals surface area (Å²) in [7, 11) is 0. The largest absolute Gasteiger partial charge is 0.459 e. The first-order valence-electron chi connectivity index (χ1n) is 8.36. The second kappa shape index (κ2) is 6.15. The van der Waals surface area contributed by atoms with Crippen molar-refractivity contribution >= 4 is 23.5 Å². The summed E-state index contributed by atoms with van der Waals surface area (Å²) in [5, 5.41) is 0. The van der Waals surface area contributed by atoms with Gasteiger partial charge in [-0.3, -0.25) is 19.3 Å². The van der Waals surface area contributed by atoms with E-state index in [1.165, 1.54) is 9.80 Å². The van der Waals surface area contributed by atoms with Crippen LogP contribution < -0.4 is 10.6 Å². The minimum atomic E-state index is -0.650. The Kier molecular flexibility index (Phi) is 4.28. The van der Waals surface area contributed by atoms with E-state index in [2.05, 4.69) is 0 Å². The van der Waals surface area contributed by atoms with E-state index in [-0.39, 0.29) is 24.4 Å². The zero-order valence-corrected chi connectivity index (χ0v) is 14.7. The van der Waals surface area contributed by atoms with Gasteiger partial charge in [0.2, 0.25) is 5.91 Å². The fourth-order valence-electron chi connectivity index (χ4n) is 3.34. The zero-order chi connectivity index (χ0) is 18.4. The minimum absolute atomic E-state index is 0.228. The molecule has 134 valence electrons. The lowest BCUT2D eigenvalue weighted by molar-refractivity contribution is -0.153. The van der Waals surface area contributed by atoms with Crippen molar-refractivity contribution < 1.29 is 19.1 Å². The van der Waals surface area contributed by atoms with Gasteiger partial charge in [-0.15, -0.1) is 0 Å². The highest BCUT2D eigenvalue weighted by Crippen LogP contribution is 2.32. The van der Waals surface area contributed by atoms with Gasteiger partial charge in [-0.1, -0.05) is 12.1 Å². The molecule has 1 aromatic carbocycles. The average molecular weight is 345 g/mol. The van der Waals surface area contributed by atoms with Crippen LogP contribution in [0.2, 0.25) is 0 Å². The summed E-state index contributed by atoms with van der Waals surface area (Å²) in [6.45, 7) is 5.41. The number of nitrogens with two attached hydrogens (primary N) is 1.